The fraction of sp³-hybridized carbons (Fsp3) is 0.909. The van der Waals surface area contributed by atoms with E-state index in [9.17, 15) is 0 Å². The molecule has 2 rings (SSSR count). The van der Waals surface area contributed by atoms with Gasteiger partial charge in [0, 0.05) is 26.0 Å². The van der Waals surface area contributed by atoms with Crippen LogP contribution >= 0.6 is 11.6 Å². The monoisotopic (exact) mass is 253 g/mol. The molecule has 0 aliphatic heterocycles. The van der Waals surface area contributed by atoms with Crippen LogP contribution in [-0.2, 0) is 6.42 Å². The van der Waals surface area contributed by atoms with Crippen LogP contribution in [0, 0.1) is 0 Å². The highest BCUT2D eigenvalue weighted by Gasteiger charge is 2.19. The number of nitrogens with zero attached hydrogens (tertiary/aromatic N) is 4. The van der Waals surface area contributed by atoms with Crippen LogP contribution in [0.15, 0.2) is 0 Å². The molecule has 0 amide bonds. The zero-order chi connectivity index (χ0) is 21.1. The molecule has 0 unspecified atom stereocenters. The first kappa shape index (κ1) is 4.23. The third-order valence-corrected chi connectivity index (χ3v) is 2.28. The second-order valence-electron chi connectivity index (χ2n) is 3.13. The summed E-state index contributed by atoms with van der Waals surface area (Å²) in [6.07, 6.45) is -16.8. The molecule has 16 heavy (non-hydrogen) atoms. The highest BCUT2D eigenvalue weighted by atomic mass is 35.5. The maximum Gasteiger partial charge on any atom is 0.151 e. The Balaban J connectivity index is 2.75. The molecule has 0 saturated heterocycles. The number of aromatic nitrogens is 4. The summed E-state index contributed by atoms with van der Waals surface area (Å²) in [5.74, 6) is 0.178. The molecule has 1 aromatic heterocycles. The minimum atomic E-state index is -3.58. The van der Waals surface area contributed by atoms with Crippen molar-refractivity contribution in [3.8, 4) is 0 Å². The summed E-state index contributed by atoms with van der Waals surface area (Å²) in [5, 5.41) is 10.4. The van der Waals surface area contributed by atoms with Crippen LogP contribution in [-0.4, -0.2) is 26.1 Å². The van der Waals surface area contributed by atoms with E-state index in [0.29, 0.717) is 23.4 Å². The van der Waals surface area contributed by atoms with Crippen LogP contribution in [0.25, 0.3) is 0 Å². The minimum absolute atomic E-state index is 0.0748. The molecule has 4 nitrogen and oxygen atoms in total. The van der Waals surface area contributed by atoms with E-state index >= 15 is 0 Å². The van der Waals surface area contributed by atoms with E-state index in [0.717, 1.165) is 0 Å². The number of aryl methyl sites for hydroxylation is 1. The van der Waals surface area contributed by atoms with Crippen LogP contribution in [0.2, 0.25) is 0 Å². The van der Waals surface area contributed by atoms with E-state index < -0.39 is 37.9 Å². The molecule has 1 saturated carbocycles. The molecule has 1 aromatic rings. The molecule has 0 radical (unpaired) electrons. The van der Waals surface area contributed by atoms with Gasteiger partial charge in [-0.15, -0.1) is 16.7 Å². The van der Waals surface area contributed by atoms with Gasteiger partial charge in [-0.2, -0.15) is 0 Å². The molecule has 1 fully saturated rings. The lowest BCUT2D eigenvalue weighted by Gasteiger charge is -2.22. The first-order chi connectivity index (χ1) is 12.1. The number of rotatable bonds is 5. The second-order valence-corrected chi connectivity index (χ2v) is 3.50. The molecule has 0 atom stereocenters. The minimum Gasteiger partial charge on any atom is -0.227 e. The molecule has 0 bridgehead atoms. The highest BCUT2D eigenvalue weighted by molar-refractivity contribution is 6.17. The van der Waals surface area contributed by atoms with Gasteiger partial charge in [-0.05, 0) is 36.0 Å². The van der Waals surface area contributed by atoms with E-state index in [1.165, 1.54) is 0 Å². The Kier molecular flexibility index (Phi) is 1.64. The van der Waals surface area contributed by atoms with Gasteiger partial charge in [0.15, 0.2) is 5.82 Å². The number of hydrogen-bond donors (Lipinski definition) is 0. The predicted octanol–water partition coefficient (Wildman–Crippen LogP) is 2.74. The number of tetrazole rings is 1. The van der Waals surface area contributed by atoms with Crippen molar-refractivity contribution in [3.63, 3.8) is 0 Å². The van der Waals surface area contributed by atoms with Gasteiger partial charge in [0.25, 0.3) is 0 Å². The fourth-order valence-corrected chi connectivity index (χ4v) is 1.45. The number of halogens is 1. The topological polar surface area (TPSA) is 43.6 Å². The summed E-state index contributed by atoms with van der Waals surface area (Å²) in [6.45, 7) is 0. The maximum atomic E-state index is 8.59. The van der Waals surface area contributed by atoms with E-state index in [2.05, 4.69) is 15.5 Å². The van der Waals surface area contributed by atoms with Crippen molar-refractivity contribution < 1.29 is 15.1 Å². The standard InChI is InChI=1S/C11H19ClN4/c12-9-5-4-8-11-13-14-15-16(11)10-6-2-1-3-7-10/h10H,1-9H2/i1D2,2D2,3D2,6D2,7D2,10D. The van der Waals surface area contributed by atoms with E-state index in [-0.39, 0.29) is 12.2 Å². The Bertz CT molecular complexity index is 674. The zero-order valence-corrected chi connectivity index (χ0v) is 9.25. The average Bonchev–Trinajstić information content (AvgIpc) is 3.01. The van der Waals surface area contributed by atoms with Crippen molar-refractivity contribution in [2.75, 3.05) is 5.88 Å². The fourth-order valence-electron chi connectivity index (χ4n) is 1.26. The van der Waals surface area contributed by atoms with Gasteiger partial charge in [0.05, 0.1) is 7.39 Å². The summed E-state index contributed by atoms with van der Waals surface area (Å²) < 4.78 is 89.2. The Labute approximate surface area is 117 Å². The summed E-state index contributed by atoms with van der Waals surface area (Å²) in [7, 11) is 0. The van der Waals surface area contributed by atoms with Crippen molar-refractivity contribution >= 4 is 11.6 Å². The molecule has 1 aliphatic rings. The normalized spacial score (nSPS) is 45.7. The molecular weight excluding hydrogens is 224 g/mol. The van der Waals surface area contributed by atoms with Gasteiger partial charge in [-0.3, -0.25) is 0 Å². The van der Waals surface area contributed by atoms with Crippen LogP contribution in [0.1, 0.15) is 71.6 Å². The van der Waals surface area contributed by atoms with Crippen molar-refractivity contribution in [2.24, 2.45) is 0 Å². The first-order valence-electron chi connectivity index (χ1n) is 10.4. The number of hydrogen-bond acceptors (Lipinski definition) is 3. The van der Waals surface area contributed by atoms with E-state index in [1.807, 2.05) is 0 Å². The quantitative estimate of drug-likeness (QED) is 0.599. The van der Waals surface area contributed by atoms with Crippen LogP contribution in [0.4, 0.5) is 0 Å². The Morgan fingerprint density at radius 2 is 2.19 bits per heavy atom. The van der Waals surface area contributed by atoms with Crippen molar-refractivity contribution in [3.05, 3.63) is 5.82 Å². The smallest absolute Gasteiger partial charge is 0.151 e. The molecule has 5 heteroatoms. The predicted molar refractivity (Wildman–Crippen MR) is 63.6 cm³/mol. The molecule has 0 N–H and O–H groups in total. The van der Waals surface area contributed by atoms with Crippen LogP contribution in [0.3, 0.4) is 0 Å². The van der Waals surface area contributed by atoms with E-state index in [4.69, 9.17) is 26.7 Å². The first-order valence-corrected chi connectivity index (χ1v) is 5.43. The van der Waals surface area contributed by atoms with Gasteiger partial charge < -0.3 is 0 Å². The summed E-state index contributed by atoms with van der Waals surface area (Å²) >= 11 is 5.60. The third-order valence-electron chi connectivity index (χ3n) is 2.02. The molecule has 1 aliphatic carbocycles. The van der Waals surface area contributed by atoms with Gasteiger partial charge in [0.2, 0.25) is 0 Å². The largest absolute Gasteiger partial charge is 0.227 e. The summed E-state index contributed by atoms with van der Waals surface area (Å²) in [6, 6.07) is -3.32. The van der Waals surface area contributed by atoms with Gasteiger partial charge in [-0.25, -0.2) is 4.68 Å². The highest BCUT2D eigenvalue weighted by Crippen LogP contribution is 2.27. The molecular formula is C11H19ClN4. The Morgan fingerprint density at radius 1 is 1.38 bits per heavy atom. The summed E-state index contributed by atoms with van der Waals surface area (Å²) in [5.41, 5.74) is 0. The lowest BCUT2D eigenvalue weighted by Crippen LogP contribution is -2.17. The van der Waals surface area contributed by atoms with Gasteiger partial charge in [-0.1, -0.05) is 19.1 Å². The van der Waals surface area contributed by atoms with Crippen molar-refractivity contribution in [1.82, 2.24) is 20.2 Å². The average molecular weight is 254 g/mol. The molecule has 0 aromatic carbocycles. The van der Waals surface area contributed by atoms with Crippen LogP contribution in [0.5, 0.6) is 0 Å². The van der Waals surface area contributed by atoms with Gasteiger partial charge in [0.1, 0.15) is 0 Å². The number of unbranched alkanes of at least 4 members (excludes halogenated alkanes) is 1. The summed E-state index contributed by atoms with van der Waals surface area (Å²) in [4.78, 5) is 0. The molecule has 90 valence electrons. The maximum absolute atomic E-state index is 8.59. The lowest BCUT2D eigenvalue weighted by molar-refractivity contribution is 0.316. The SMILES string of the molecule is [2H]C1([2H])C([2H])([2H])C([2H])([2H])C([2H])(n2nnnc2CCCCCl)C([2H])([2H])C1([2H])[2H]. The van der Waals surface area contributed by atoms with Crippen LogP contribution < -0.4 is 0 Å². The number of alkyl halides is 1. The van der Waals surface area contributed by atoms with Crippen molar-refractivity contribution in [1.29, 1.82) is 0 Å². The molecule has 0 spiro atoms. The lowest BCUT2D eigenvalue weighted by atomic mass is 9.95. The van der Waals surface area contributed by atoms with Gasteiger partial charge >= 0.3 is 0 Å². The zero-order valence-electron chi connectivity index (χ0n) is 19.5. The Hall–Kier alpha value is -0.640. The molecule has 1 heterocycles. The van der Waals surface area contributed by atoms with E-state index in [1.54, 1.807) is 0 Å². The third kappa shape index (κ3) is 2.94. The van der Waals surface area contributed by atoms with Crippen molar-refractivity contribution in [2.45, 2.75) is 57.1 Å². The Morgan fingerprint density at radius 3 is 2.94 bits per heavy atom. The second kappa shape index (κ2) is 6.18.